The highest BCUT2D eigenvalue weighted by Gasteiger charge is 2.32. The molecule has 1 heterocycles. The SMILES string of the molecule is CNC(=O)C1CSCN1C(=O)/C=C/c1ccccc1. The van der Waals surface area contributed by atoms with Crippen molar-refractivity contribution < 1.29 is 9.59 Å². The van der Waals surface area contributed by atoms with Crippen molar-refractivity contribution >= 4 is 29.7 Å². The van der Waals surface area contributed by atoms with E-state index >= 15 is 0 Å². The summed E-state index contributed by atoms with van der Waals surface area (Å²) in [5, 5.41) is 2.60. The maximum absolute atomic E-state index is 12.1. The molecular formula is C14H16N2O2S. The normalized spacial score (nSPS) is 18.8. The third kappa shape index (κ3) is 3.38. The zero-order valence-electron chi connectivity index (χ0n) is 10.7. The Labute approximate surface area is 116 Å². The Morgan fingerprint density at radius 1 is 1.37 bits per heavy atom. The number of benzene rings is 1. The molecule has 1 aliphatic heterocycles. The molecule has 1 aromatic rings. The molecule has 100 valence electrons. The fourth-order valence-corrected chi connectivity index (χ4v) is 3.03. The second-order valence-electron chi connectivity index (χ2n) is 4.18. The lowest BCUT2D eigenvalue weighted by Crippen LogP contribution is -2.45. The molecule has 1 N–H and O–H groups in total. The van der Waals surface area contributed by atoms with Gasteiger partial charge in [-0.05, 0) is 11.6 Å². The van der Waals surface area contributed by atoms with Crippen molar-refractivity contribution in [2.75, 3.05) is 18.7 Å². The summed E-state index contributed by atoms with van der Waals surface area (Å²) in [6, 6.07) is 9.27. The quantitative estimate of drug-likeness (QED) is 0.848. The second kappa shape index (κ2) is 6.43. The van der Waals surface area contributed by atoms with Crippen molar-refractivity contribution in [3.8, 4) is 0 Å². The first kappa shape index (κ1) is 13.7. The molecule has 0 spiro atoms. The number of carbonyl (C=O) groups is 2. The third-order valence-corrected chi connectivity index (χ3v) is 3.94. The number of thioether (sulfide) groups is 1. The maximum atomic E-state index is 12.1. The number of nitrogens with zero attached hydrogens (tertiary/aromatic N) is 1. The number of carbonyl (C=O) groups excluding carboxylic acids is 2. The number of amides is 2. The minimum Gasteiger partial charge on any atom is -0.357 e. The Balaban J connectivity index is 2.03. The number of rotatable bonds is 3. The van der Waals surface area contributed by atoms with Crippen molar-refractivity contribution in [1.29, 1.82) is 0 Å². The molecule has 1 fully saturated rings. The van der Waals surface area contributed by atoms with Crippen LogP contribution in [0.2, 0.25) is 0 Å². The van der Waals surface area contributed by atoms with Crippen molar-refractivity contribution in [3.05, 3.63) is 42.0 Å². The van der Waals surface area contributed by atoms with Crippen LogP contribution in [0.1, 0.15) is 5.56 Å². The fraction of sp³-hybridized carbons (Fsp3) is 0.286. The van der Waals surface area contributed by atoms with Gasteiger partial charge >= 0.3 is 0 Å². The molecule has 2 rings (SSSR count). The summed E-state index contributed by atoms with van der Waals surface area (Å²) in [4.78, 5) is 25.4. The summed E-state index contributed by atoms with van der Waals surface area (Å²) in [6.07, 6.45) is 3.30. The van der Waals surface area contributed by atoms with E-state index in [1.165, 1.54) is 6.08 Å². The van der Waals surface area contributed by atoms with Gasteiger partial charge in [-0.3, -0.25) is 9.59 Å². The van der Waals surface area contributed by atoms with Crippen LogP contribution in [-0.2, 0) is 9.59 Å². The summed E-state index contributed by atoms with van der Waals surface area (Å²) in [5.41, 5.74) is 0.971. The zero-order valence-corrected chi connectivity index (χ0v) is 11.5. The van der Waals surface area contributed by atoms with Crippen molar-refractivity contribution in [1.82, 2.24) is 10.2 Å². The van der Waals surface area contributed by atoms with Crippen molar-refractivity contribution in [2.45, 2.75) is 6.04 Å². The fourth-order valence-electron chi connectivity index (χ4n) is 1.87. The van der Waals surface area contributed by atoms with Crippen LogP contribution in [-0.4, -0.2) is 41.4 Å². The molecule has 0 aliphatic carbocycles. The first-order valence-electron chi connectivity index (χ1n) is 6.05. The number of hydrogen-bond acceptors (Lipinski definition) is 3. The highest BCUT2D eigenvalue weighted by Crippen LogP contribution is 2.21. The van der Waals surface area contributed by atoms with E-state index in [0.29, 0.717) is 11.6 Å². The monoisotopic (exact) mass is 276 g/mol. The van der Waals surface area contributed by atoms with Crippen LogP contribution >= 0.6 is 11.8 Å². The smallest absolute Gasteiger partial charge is 0.247 e. The molecule has 0 radical (unpaired) electrons. The minimum absolute atomic E-state index is 0.105. The molecule has 1 saturated heterocycles. The minimum atomic E-state index is -0.358. The molecule has 1 aliphatic rings. The Bertz CT molecular complexity index is 487. The zero-order chi connectivity index (χ0) is 13.7. The Morgan fingerprint density at radius 3 is 2.79 bits per heavy atom. The van der Waals surface area contributed by atoms with E-state index in [1.54, 1.807) is 29.8 Å². The third-order valence-electron chi connectivity index (χ3n) is 2.93. The summed E-state index contributed by atoms with van der Waals surface area (Å²) < 4.78 is 0. The van der Waals surface area contributed by atoms with E-state index in [0.717, 1.165) is 5.56 Å². The highest BCUT2D eigenvalue weighted by molar-refractivity contribution is 7.99. The molecule has 1 aromatic carbocycles. The maximum Gasteiger partial charge on any atom is 0.247 e. The van der Waals surface area contributed by atoms with Crippen molar-refractivity contribution in [2.24, 2.45) is 0 Å². The molecule has 5 heteroatoms. The molecular weight excluding hydrogens is 260 g/mol. The van der Waals surface area contributed by atoms with E-state index in [9.17, 15) is 9.59 Å². The number of likely N-dealkylation sites (N-methyl/N-ethyl adjacent to an activating group) is 1. The second-order valence-corrected chi connectivity index (χ2v) is 5.18. The average Bonchev–Trinajstić information content (AvgIpc) is 2.94. The van der Waals surface area contributed by atoms with Gasteiger partial charge in [0.05, 0.1) is 5.88 Å². The van der Waals surface area contributed by atoms with Gasteiger partial charge < -0.3 is 10.2 Å². The lowest BCUT2D eigenvalue weighted by atomic mass is 10.2. The number of nitrogens with one attached hydrogen (secondary N) is 1. The van der Waals surface area contributed by atoms with Gasteiger partial charge in [0.2, 0.25) is 11.8 Å². The molecule has 2 amide bonds. The van der Waals surface area contributed by atoms with Crippen molar-refractivity contribution in [3.63, 3.8) is 0 Å². The van der Waals surface area contributed by atoms with Crippen LogP contribution in [0.4, 0.5) is 0 Å². The van der Waals surface area contributed by atoms with Gasteiger partial charge in [0.25, 0.3) is 0 Å². The van der Waals surface area contributed by atoms with Crippen LogP contribution in [0.25, 0.3) is 6.08 Å². The summed E-state index contributed by atoms with van der Waals surface area (Å²) >= 11 is 1.59. The van der Waals surface area contributed by atoms with E-state index in [1.807, 2.05) is 30.3 Å². The Hall–Kier alpha value is -1.75. The van der Waals surface area contributed by atoms with Crippen LogP contribution < -0.4 is 5.32 Å². The van der Waals surface area contributed by atoms with Crippen LogP contribution in [0.5, 0.6) is 0 Å². The van der Waals surface area contributed by atoms with E-state index in [4.69, 9.17) is 0 Å². The molecule has 1 unspecified atom stereocenters. The Morgan fingerprint density at radius 2 is 2.11 bits per heavy atom. The largest absolute Gasteiger partial charge is 0.357 e. The van der Waals surface area contributed by atoms with Crippen LogP contribution in [0, 0.1) is 0 Å². The van der Waals surface area contributed by atoms with E-state index < -0.39 is 0 Å². The molecule has 0 saturated carbocycles. The molecule has 0 bridgehead atoms. The molecule has 19 heavy (non-hydrogen) atoms. The van der Waals surface area contributed by atoms with Gasteiger partial charge in [-0.2, -0.15) is 0 Å². The first-order valence-corrected chi connectivity index (χ1v) is 7.21. The first-order chi connectivity index (χ1) is 9.22. The highest BCUT2D eigenvalue weighted by atomic mass is 32.2. The Kier molecular flexibility index (Phi) is 4.63. The topological polar surface area (TPSA) is 49.4 Å². The van der Waals surface area contributed by atoms with Gasteiger partial charge in [0, 0.05) is 18.9 Å². The molecule has 0 aromatic heterocycles. The lowest BCUT2D eigenvalue weighted by molar-refractivity contribution is -0.134. The van der Waals surface area contributed by atoms with Crippen LogP contribution in [0.15, 0.2) is 36.4 Å². The predicted octanol–water partition coefficient (Wildman–Crippen LogP) is 1.35. The van der Waals surface area contributed by atoms with Gasteiger partial charge in [0.15, 0.2) is 0 Å². The average molecular weight is 276 g/mol. The molecule has 4 nitrogen and oxygen atoms in total. The van der Waals surface area contributed by atoms with E-state index in [-0.39, 0.29) is 17.9 Å². The van der Waals surface area contributed by atoms with Gasteiger partial charge in [-0.1, -0.05) is 30.3 Å². The lowest BCUT2D eigenvalue weighted by Gasteiger charge is -2.20. The van der Waals surface area contributed by atoms with Crippen LogP contribution in [0.3, 0.4) is 0 Å². The summed E-state index contributed by atoms with van der Waals surface area (Å²) in [5.74, 6) is 0.995. The van der Waals surface area contributed by atoms with Gasteiger partial charge in [-0.25, -0.2) is 0 Å². The van der Waals surface area contributed by atoms with Gasteiger partial charge in [0.1, 0.15) is 6.04 Å². The van der Waals surface area contributed by atoms with Gasteiger partial charge in [-0.15, -0.1) is 11.8 Å². The predicted molar refractivity (Wildman–Crippen MR) is 77.5 cm³/mol. The summed E-state index contributed by atoms with van der Waals surface area (Å²) in [7, 11) is 1.59. The summed E-state index contributed by atoms with van der Waals surface area (Å²) in [6.45, 7) is 0. The number of hydrogen-bond donors (Lipinski definition) is 1. The van der Waals surface area contributed by atoms with E-state index in [2.05, 4.69) is 5.32 Å². The molecule has 1 atom stereocenters. The standard InChI is InChI=1S/C14H16N2O2S/c1-15-14(18)12-9-19-10-16(12)13(17)8-7-11-5-3-2-4-6-11/h2-8,12H,9-10H2,1H3,(H,15,18)/b8-7+.